The van der Waals surface area contributed by atoms with Crippen LogP contribution in [-0.2, 0) is 9.53 Å². The van der Waals surface area contributed by atoms with Gasteiger partial charge < -0.3 is 15.2 Å². The largest absolute Gasteiger partial charge is 0.394 e. The van der Waals surface area contributed by atoms with Gasteiger partial charge in [0.1, 0.15) is 0 Å². The zero-order valence-electron chi connectivity index (χ0n) is 13.1. The van der Waals surface area contributed by atoms with Crippen molar-refractivity contribution >= 4 is 5.91 Å². The third kappa shape index (κ3) is 4.97. The van der Waals surface area contributed by atoms with Gasteiger partial charge in [0.2, 0.25) is 5.91 Å². The number of benzene rings is 1. The summed E-state index contributed by atoms with van der Waals surface area (Å²) < 4.78 is 5.68. The maximum Gasteiger partial charge on any atom is 0.223 e. The Kier molecular flexibility index (Phi) is 6.62. The first kappa shape index (κ1) is 16.7. The number of ether oxygens (including phenoxy) is 1. The molecule has 1 amide bonds. The minimum Gasteiger partial charge on any atom is -0.394 e. The first-order valence-corrected chi connectivity index (χ1v) is 7.92. The molecule has 1 aliphatic rings. The van der Waals surface area contributed by atoms with Crippen molar-refractivity contribution in [1.82, 2.24) is 5.32 Å². The molecule has 0 saturated carbocycles. The Hall–Kier alpha value is -1.65. The van der Waals surface area contributed by atoms with E-state index in [1.165, 1.54) is 5.56 Å². The molecule has 120 valence electrons. The van der Waals surface area contributed by atoms with Gasteiger partial charge in [0.25, 0.3) is 0 Å². The number of aliphatic hydroxyl groups excluding tert-OH is 1. The quantitative estimate of drug-likeness (QED) is 0.761. The Morgan fingerprint density at radius 2 is 2.14 bits per heavy atom. The molecule has 2 N–H and O–H groups in total. The van der Waals surface area contributed by atoms with Crippen molar-refractivity contribution in [3.05, 3.63) is 47.5 Å². The first-order chi connectivity index (χ1) is 10.7. The third-order valence-corrected chi connectivity index (χ3v) is 3.96. The second-order valence-corrected chi connectivity index (χ2v) is 5.72. The van der Waals surface area contributed by atoms with Crippen molar-refractivity contribution < 1.29 is 14.6 Å². The van der Waals surface area contributed by atoms with Crippen LogP contribution in [0.5, 0.6) is 0 Å². The third-order valence-electron chi connectivity index (χ3n) is 3.96. The molecule has 1 aliphatic carbocycles. The summed E-state index contributed by atoms with van der Waals surface area (Å²) in [6.45, 7) is 2.71. The van der Waals surface area contributed by atoms with E-state index in [9.17, 15) is 4.79 Å². The highest BCUT2D eigenvalue weighted by molar-refractivity contribution is 5.79. The number of aryl methyl sites for hydroxylation is 1. The van der Waals surface area contributed by atoms with Crippen molar-refractivity contribution in [2.45, 2.75) is 32.3 Å². The monoisotopic (exact) mass is 303 g/mol. The summed E-state index contributed by atoms with van der Waals surface area (Å²) in [5.74, 6) is 0.163. The molecule has 2 atom stereocenters. The van der Waals surface area contributed by atoms with E-state index in [0.29, 0.717) is 6.54 Å². The van der Waals surface area contributed by atoms with Crippen molar-refractivity contribution in [1.29, 1.82) is 0 Å². The first-order valence-electron chi connectivity index (χ1n) is 7.92. The van der Waals surface area contributed by atoms with Gasteiger partial charge in [0.05, 0.1) is 19.3 Å². The summed E-state index contributed by atoms with van der Waals surface area (Å²) in [5, 5.41) is 12.0. The molecule has 0 saturated heterocycles. The fourth-order valence-electron chi connectivity index (χ4n) is 2.62. The fourth-order valence-corrected chi connectivity index (χ4v) is 2.62. The van der Waals surface area contributed by atoms with Gasteiger partial charge in [0.15, 0.2) is 0 Å². The number of aliphatic hydroxyl groups is 1. The Labute approximate surface area is 132 Å². The molecule has 2 rings (SSSR count). The second kappa shape index (κ2) is 8.71. The molecule has 22 heavy (non-hydrogen) atoms. The molecule has 2 unspecified atom stereocenters. The summed E-state index contributed by atoms with van der Waals surface area (Å²) in [5.41, 5.74) is 2.20. The minimum absolute atomic E-state index is 0.0241. The molecule has 4 nitrogen and oxygen atoms in total. The number of nitrogens with one attached hydrogen (secondary N) is 1. The van der Waals surface area contributed by atoms with Crippen LogP contribution in [-0.4, -0.2) is 30.8 Å². The average Bonchev–Trinajstić information content (AvgIpc) is 2.56. The number of carbonyl (C=O) groups is 1. The van der Waals surface area contributed by atoms with Gasteiger partial charge in [-0.1, -0.05) is 42.0 Å². The predicted molar refractivity (Wildman–Crippen MR) is 86.4 cm³/mol. The van der Waals surface area contributed by atoms with E-state index in [0.717, 1.165) is 24.8 Å². The van der Waals surface area contributed by atoms with Crippen LogP contribution in [0.25, 0.3) is 0 Å². The smallest absolute Gasteiger partial charge is 0.223 e. The van der Waals surface area contributed by atoms with Crippen LogP contribution in [0, 0.1) is 12.8 Å². The Morgan fingerprint density at radius 3 is 2.77 bits per heavy atom. The van der Waals surface area contributed by atoms with E-state index >= 15 is 0 Å². The normalized spacial score (nSPS) is 18.9. The number of allylic oxidation sites excluding steroid dienone is 2. The number of amides is 1. The zero-order chi connectivity index (χ0) is 15.8. The molecule has 0 radical (unpaired) electrons. The van der Waals surface area contributed by atoms with Crippen LogP contribution in [0.15, 0.2) is 36.4 Å². The number of rotatable bonds is 7. The molecule has 4 heteroatoms. The van der Waals surface area contributed by atoms with Gasteiger partial charge in [-0.2, -0.15) is 0 Å². The van der Waals surface area contributed by atoms with Gasteiger partial charge >= 0.3 is 0 Å². The highest BCUT2D eigenvalue weighted by Gasteiger charge is 2.20. The lowest BCUT2D eigenvalue weighted by Gasteiger charge is -2.22. The average molecular weight is 303 g/mol. The maximum absolute atomic E-state index is 12.2. The van der Waals surface area contributed by atoms with Gasteiger partial charge in [-0.3, -0.25) is 4.79 Å². The van der Waals surface area contributed by atoms with Crippen LogP contribution in [0.4, 0.5) is 0 Å². The molecular formula is C18H25NO3. The van der Waals surface area contributed by atoms with E-state index in [1.54, 1.807) is 0 Å². The van der Waals surface area contributed by atoms with E-state index in [-0.39, 0.29) is 31.1 Å². The molecular weight excluding hydrogens is 278 g/mol. The highest BCUT2D eigenvalue weighted by Crippen LogP contribution is 2.20. The number of hydrogen-bond acceptors (Lipinski definition) is 3. The van der Waals surface area contributed by atoms with E-state index in [1.807, 2.05) is 31.2 Å². The lowest BCUT2D eigenvalue weighted by atomic mass is 9.93. The van der Waals surface area contributed by atoms with Crippen LogP contribution < -0.4 is 5.32 Å². The lowest BCUT2D eigenvalue weighted by molar-refractivity contribution is -0.126. The molecule has 0 aliphatic heterocycles. The molecule has 1 aromatic carbocycles. The summed E-state index contributed by atoms with van der Waals surface area (Å²) in [7, 11) is 0. The molecule has 0 aromatic heterocycles. The van der Waals surface area contributed by atoms with Crippen molar-refractivity contribution in [3.63, 3.8) is 0 Å². The molecule has 0 heterocycles. The SMILES string of the molecule is Cc1ccc(C(CNC(=O)C2CC=CCC2)OCCO)cc1. The Bertz CT molecular complexity index is 496. The zero-order valence-corrected chi connectivity index (χ0v) is 13.1. The molecule has 0 bridgehead atoms. The van der Waals surface area contributed by atoms with E-state index in [4.69, 9.17) is 9.84 Å². The van der Waals surface area contributed by atoms with Crippen LogP contribution >= 0.6 is 0 Å². The minimum atomic E-state index is -0.226. The Balaban J connectivity index is 1.92. The van der Waals surface area contributed by atoms with E-state index in [2.05, 4.69) is 17.5 Å². The summed E-state index contributed by atoms with van der Waals surface area (Å²) in [4.78, 5) is 12.2. The van der Waals surface area contributed by atoms with Crippen LogP contribution in [0.2, 0.25) is 0 Å². The highest BCUT2D eigenvalue weighted by atomic mass is 16.5. The van der Waals surface area contributed by atoms with Crippen molar-refractivity contribution in [2.24, 2.45) is 5.92 Å². The Morgan fingerprint density at radius 1 is 1.36 bits per heavy atom. The predicted octanol–water partition coefficient (Wildman–Crippen LogP) is 2.52. The summed E-state index contributed by atoms with van der Waals surface area (Å²) in [6.07, 6.45) is 6.68. The molecule has 1 aromatic rings. The summed E-state index contributed by atoms with van der Waals surface area (Å²) in [6, 6.07) is 8.07. The van der Waals surface area contributed by atoms with Gasteiger partial charge in [-0.25, -0.2) is 0 Å². The van der Waals surface area contributed by atoms with Gasteiger partial charge in [-0.15, -0.1) is 0 Å². The van der Waals surface area contributed by atoms with Gasteiger partial charge in [-0.05, 0) is 31.7 Å². The standard InChI is InChI=1S/C18H25NO3/c1-14-7-9-15(10-8-14)17(22-12-11-20)13-19-18(21)16-5-3-2-4-6-16/h2-3,7-10,16-17,20H,4-6,11-13H2,1H3,(H,19,21). The number of carbonyl (C=O) groups excluding carboxylic acids is 1. The topological polar surface area (TPSA) is 58.6 Å². The summed E-state index contributed by atoms with van der Waals surface area (Å²) >= 11 is 0. The molecule has 0 fully saturated rings. The van der Waals surface area contributed by atoms with Crippen molar-refractivity contribution in [2.75, 3.05) is 19.8 Å². The fraction of sp³-hybridized carbons (Fsp3) is 0.500. The van der Waals surface area contributed by atoms with Crippen molar-refractivity contribution in [3.8, 4) is 0 Å². The molecule has 0 spiro atoms. The van der Waals surface area contributed by atoms with Gasteiger partial charge in [0, 0.05) is 12.5 Å². The van der Waals surface area contributed by atoms with E-state index < -0.39 is 0 Å². The maximum atomic E-state index is 12.2. The number of hydrogen-bond donors (Lipinski definition) is 2. The second-order valence-electron chi connectivity index (χ2n) is 5.72. The van der Waals surface area contributed by atoms with Crippen LogP contribution in [0.3, 0.4) is 0 Å². The lowest BCUT2D eigenvalue weighted by Crippen LogP contribution is -2.35. The van der Waals surface area contributed by atoms with Crippen LogP contribution in [0.1, 0.15) is 36.5 Å².